The first-order valence-corrected chi connectivity index (χ1v) is 5.66. The maximum Gasteiger partial charge on any atom is 0.354 e. The van der Waals surface area contributed by atoms with Crippen molar-refractivity contribution in [2.75, 3.05) is 0 Å². The zero-order valence-electron chi connectivity index (χ0n) is 10.4. The summed E-state index contributed by atoms with van der Waals surface area (Å²) >= 11 is 0. The Kier molecular flexibility index (Phi) is 3.14. The van der Waals surface area contributed by atoms with Gasteiger partial charge in [0.15, 0.2) is 0 Å². The number of rotatable bonds is 3. The van der Waals surface area contributed by atoms with E-state index in [1.54, 1.807) is 17.3 Å². The molecule has 0 spiro atoms. The summed E-state index contributed by atoms with van der Waals surface area (Å²) in [5.74, 6) is -1.01. The third-order valence-electron chi connectivity index (χ3n) is 2.60. The Hall–Kier alpha value is -2.17. The first-order chi connectivity index (χ1) is 8.46. The molecule has 0 unspecified atom stereocenters. The van der Waals surface area contributed by atoms with Gasteiger partial charge in [-0.05, 0) is 11.6 Å². The van der Waals surface area contributed by atoms with Gasteiger partial charge in [-0.25, -0.2) is 9.78 Å². The van der Waals surface area contributed by atoms with Crippen molar-refractivity contribution in [3.05, 3.63) is 41.9 Å². The maximum absolute atomic E-state index is 10.7. The third kappa shape index (κ3) is 2.94. The number of allylic oxidation sites excluding steroid dienone is 1. The van der Waals surface area contributed by atoms with Crippen molar-refractivity contribution in [3.8, 4) is 0 Å². The highest BCUT2D eigenvalue weighted by Crippen LogP contribution is 2.19. The summed E-state index contributed by atoms with van der Waals surface area (Å²) in [5.41, 5.74) is 0.959. The lowest BCUT2D eigenvalue weighted by atomic mass is 9.95. The van der Waals surface area contributed by atoms with Crippen LogP contribution in [0.5, 0.6) is 0 Å². The summed E-state index contributed by atoms with van der Waals surface area (Å²) in [7, 11) is 0. The molecule has 0 fully saturated rings. The van der Waals surface area contributed by atoms with Crippen LogP contribution in [-0.2, 0) is 6.54 Å². The molecular weight excluding hydrogens is 230 g/mol. The number of aromatic nitrogens is 1. The minimum atomic E-state index is -1.01. The van der Waals surface area contributed by atoms with Crippen molar-refractivity contribution in [3.63, 3.8) is 0 Å². The number of hydrogen-bond donors (Lipinski definition) is 1. The smallest absolute Gasteiger partial charge is 0.354 e. The Labute approximate surface area is 105 Å². The van der Waals surface area contributed by atoms with Gasteiger partial charge in [-0.15, -0.1) is 0 Å². The number of hydrogen-bond acceptors (Lipinski definition) is 4. The second-order valence-electron chi connectivity index (χ2n) is 4.84. The predicted molar refractivity (Wildman–Crippen MR) is 68.2 cm³/mol. The van der Waals surface area contributed by atoms with E-state index in [0.717, 1.165) is 5.56 Å². The van der Waals surface area contributed by atoms with Gasteiger partial charge in [0.05, 0.1) is 6.54 Å². The van der Waals surface area contributed by atoms with Gasteiger partial charge in [-0.2, -0.15) is 5.10 Å². The largest absolute Gasteiger partial charge is 0.477 e. The average molecular weight is 245 g/mol. The van der Waals surface area contributed by atoms with Gasteiger partial charge in [0.25, 0.3) is 0 Å². The van der Waals surface area contributed by atoms with E-state index >= 15 is 0 Å². The van der Waals surface area contributed by atoms with Crippen LogP contribution in [0.25, 0.3) is 0 Å². The molecule has 0 aliphatic carbocycles. The van der Waals surface area contributed by atoms with E-state index in [9.17, 15) is 4.79 Å². The fourth-order valence-corrected chi connectivity index (χ4v) is 1.51. The van der Waals surface area contributed by atoms with E-state index in [1.165, 1.54) is 6.07 Å². The lowest BCUT2D eigenvalue weighted by Gasteiger charge is -2.24. The van der Waals surface area contributed by atoms with Gasteiger partial charge in [-0.3, -0.25) is 5.01 Å². The Balaban J connectivity index is 2.03. The van der Waals surface area contributed by atoms with Crippen LogP contribution in [0.3, 0.4) is 0 Å². The lowest BCUT2D eigenvalue weighted by molar-refractivity contribution is 0.0690. The molecule has 0 amide bonds. The SMILES string of the molecule is CC1(C)C=CN(Cc2ccc(C(=O)O)nc2)N=C1. The monoisotopic (exact) mass is 245 g/mol. The molecule has 94 valence electrons. The summed E-state index contributed by atoms with van der Waals surface area (Å²) < 4.78 is 0. The topological polar surface area (TPSA) is 65.8 Å². The average Bonchev–Trinajstić information content (AvgIpc) is 2.33. The normalized spacial score (nSPS) is 16.9. The molecule has 1 aliphatic heterocycles. The summed E-state index contributed by atoms with van der Waals surface area (Å²) in [6, 6.07) is 3.25. The molecule has 5 nitrogen and oxygen atoms in total. The number of carbonyl (C=O) groups is 1. The number of carboxylic acid groups (broad SMARTS) is 1. The Morgan fingerprint density at radius 3 is 2.72 bits per heavy atom. The molecule has 0 saturated carbocycles. The highest BCUT2D eigenvalue weighted by molar-refractivity contribution is 5.85. The van der Waals surface area contributed by atoms with Crippen LogP contribution in [0.4, 0.5) is 0 Å². The first-order valence-electron chi connectivity index (χ1n) is 5.66. The Bertz CT molecular complexity index is 487. The van der Waals surface area contributed by atoms with Gasteiger partial charge in [0, 0.05) is 24.0 Å². The molecule has 1 aromatic heterocycles. The highest BCUT2D eigenvalue weighted by Gasteiger charge is 2.15. The van der Waals surface area contributed by atoms with Gasteiger partial charge in [0.2, 0.25) is 0 Å². The molecule has 0 aromatic carbocycles. The lowest BCUT2D eigenvalue weighted by Crippen LogP contribution is -2.21. The third-order valence-corrected chi connectivity index (χ3v) is 2.60. The molecule has 2 rings (SSSR count). The van der Waals surface area contributed by atoms with Crippen LogP contribution < -0.4 is 0 Å². The minimum Gasteiger partial charge on any atom is -0.477 e. The van der Waals surface area contributed by atoms with Crippen LogP contribution in [-0.4, -0.2) is 27.3 Å². The maximum atomic E-state index is 10.7. The zero-order chi connectivity index (χ0) is 13.2. The fraction of sp³-hybridized carbons (Fsp3) is 0.308. The molecule has 1 aromatic rings. The molecule has 0 saturated heterocycles. The zero-order valence-corrected chi connectivity index (χ0v) is 10.4. The molecule has 0 radical (unpaired) electrons. The molecule has 0 bridgehead atoms. The Morgan fingerprint density at radius 2 is 2.22 bits per heavy atom. The van der Waals surface area contributed by atoms with Crippen molar-refractivity contribution >= 4 is 12.2 Å². The van der Waals surface area contributed by atoms with Crippen LogP contribution in [0.1, 0.15) is 29.9 Å². The van der Waals surface area contributed by atoms with Crippen molar-refractivity contribution in [1.82, 2.24) is 9.99 Å². The van der Waals surface area contributed by atoms with Crippen LogP contribution in [0, 0.1) is 5.41 Å². The molecule has 1 aliphatic rings. The molecule has 18 heavy (non-hydrogen) atoms. The summed E-state index contributed by atoms with van der Waals surface area (Å²) in [6.45, 7) is 4.73. The van der Waals surface area contributed by atoms with E-state index in [2.05, 4.69) is 30.0 Å². The van der Waals surface area contributed by atoms with Crippen LogP contribution in [0.2, 0.25) is 0 Å². The first kappa shape index (κ1) is 12.3. The second-order valence-corrected chi connectivity index (χ2v) is 4.84. The van der Waals surface area contributed by atoms with Gasteiger partial charge < -0.3 is 5.11 Å². The van der Waals surface area contributed by atoms with E-state index in [0.29, 0.717) is 6.54 Å². The number of hydrazone groups is 1. The number of aromatic carboxylic acids is 1. The van der Waals surface area contributed by atoms with Gasteiger partial charge in [0.1, 0.15) is 5.69 Å². The van der Waals surface area contributed by atoms with Crippen molar-refractivity contribution in [2.24, 2.45) is 10.5 Å². The van der Waals surface area contributed by atoms with Crippen LogP contribution in [0.15, 0.2) is 35.7 Å². The van der Waals surface area contributed by atoms with Crippen molar-refractivity contribution in [2.45, 2.75) is 20.4 Å². The molecule has 0 atom stereocenters. The van der Waals surface area contributed by atoms with E-state index in [-0.39, 0.29) is 11.1 Å². The molecular formula is C13H15N3O2. The van der Waals surface area contributed by atoms with Gasteiger partial charge in [-0.1, -0.05) is 26.0 Å². The quantitative estimate of drug-likeness (QED) is 0.885. The number of nitrogens with zero attached hydrogens (tertiary/aromatic N) is 3. The Morgan fingerprint density at radius 1 is 1.44 bits per heavy atom. The highest BCUT2D eigenvalue weighted by atomic mass is 16.4. The van der Waals surface area contributed by atoms with Gasteiger partial charge >= 0.3 is 5.97 Å². The fourth-order valence-electron chi connectivity index (χ4n) is 1.51. The summed E-state index contributed by atoms with van der Waals surface area (Å²) in [6.07, 6.45) is 7.43. The van der Waals surface area contributed by atoms with Crippen molar-refractivity contribution in [1.29, 1.82) is 0 Å². The second kappa shape index (κ2) is 4.60. The van der Waals surface area contributed by atoms with E-state index in [1.807, 2.05) is 12.4 Å². The molecule has 1 N–H and O–H groups in total. The van der Waals surface area contributed by atoms with Crippen molar-refractivity contribution < 1.29 is 9.90 Å². The molecule has 2 heterocycles. The molecule has 5 heteroatoms. The van der Waals surface area contributed by atoms with Crippen LogP contribution >= 0.6 is 0 Å². The number of carboxylic acids is 1. The standard InChI is InChI=1S/C13H15N3O2/c1-13(2)5-6-16(15-9-13)8-10-3-4-11(12(17)18)14-7-10/h3-7,9H,8H2,1-2H3,(H,17,18). The summed E-state index contributed by atoms with van der Waals surface area (Å²) in [4.78, 5) is 14.5. The van der Waals surface area contributed by atoms with E-state index in [4.69, 9.17) is 5.11 Å². The predicted octanol–water partition coefficient (Wildman–Crippen LogP) is 2.12. The number of pyridine rings is 1. The minimum absolute atomic E-state index is 0.0120. The van der Waals surface area contributed by atoms with E-state index < -0.39 is 5.97 Å². The summed E-state index contributed by atoms with van der Waals surface area (Å²) in [5, 5.41) is 14.9.